The summed E-state index contributed by atoms with van der Waals surface area (Å²) in [7, 11) is -3.31. The van der Waals surface area contributed by atoms with Crippen molar-refractivity contribution in [1.82, 2.24) is 19.3 Å². The SMILES string of the molecule is CC(C)n1cc([C@]2(O)CCN(S(=O)(=O)CC3CCCC3)C2)nn1. The van der Waals surface area contributed by atoms with Gasteiger partial charge in [-0.15, -0.1) is 5.10 Å². The number of aliphatic hydroxyl groups is 1. The zero-order chi connectivity index (χ0) is 16.7. The molecule has 1 saturated carbocycles. The van der Waals surface area contributed by atoms with Crippen molar-refractivity contribution in [3.63, 3.8) is 0 Å². The lowest BCUT2D eigenvalue weighted by Crippen LogP contribution is -2.37. The number of rotatable bonds is 5. The van der Waals surface area contributed by atoms with Crippen molar-refractivity contribution < 1.29 is 13.5 Å². The van der Waals surface area contributed by atoms with E-state index in [1.54, 1.807) is 10.9 Å². The molecule has 0 radical (unpaired) electrons. The van der Waals surface area contributed by atoms with Crippen molar-refractivity contribution >= 4 is 10.0 Å². The zero-order valence-electron chi connectivity index (χ0n) is 13.8. The van der Waals surface area contributed by atoms with E-state index in [4.69, 9.17) is 0 Å². The summed E-state index contributed by atoms with van der Waals surface area (Å²) in [4.78, 5) is 0. The monoisotopic (exact) mass is 342 g/mol. The Kier molecular flexibility index (Phi) is 4.50. The van der Waals surface area contributed by atoms with Gasteiger partial charge in [0.25, 0.3) is 0 Å². The van der Waals surface area contributed by atoms with Crippen molar-refractivity contribution in [3.8, 4) is 0 Å². The van der Waals surface area contributed by atoms with E-state index >= 15 is 0 Å². The lowest BCUT2D eigenvalue weighted by molar-refractivity contribution is 0.0484. The zero-order valence-corrected chi connectivity index (χ0v) is 14.7. The molecule has 0 spiro atoms. The number of hydrogen-bond donors (Lipinski definition) is 1. The summed E-state index contributed by atoms with van der Waals surface area (Å²) in [6.07, 6.45) is 6.34. The van der Waals surface area contributed by atoms with Gasteiger partial charge in [-0.25, -0.2) is 13.1 Å². The third-order valence-electron chi connectivity index (χ3n) is 5.04. The van der Waals surface area contributed by atoms with Crippen molar-refractivity contribution in [2.24, 2.45) is 5.92 Å². The second-order valence-corrected chi connectivity index (χ2v) is 9.24. The van der Waals surface area contributed by atoms with Crippen LogP contribution in [0.5, 0.6) is 0 Å². The van der Waals surface area contributed by atoms with Crippen LogP contribution in [0, 0.1) is 5.92 Å². The van der Waals surface area contributed by atoms with E-state index in [1.165, 1.54) is 4.31 Å². The van der Waals surface area contributed by atoms with E-state index in [0.717, 1.165) is 25.7 Å². The van der Waals surface area contributed by atoms with E-state index in [-0.39, 0.29) is 24.3 Å². The summed E-state index contributed by atoms with van der Waals surface area (Å²) in [5, 5.41) is 18.9. The highest BCUT2D eigenvalue weighted by Crippen LogP contribution is 2.34. The van der Waals surface area contributed by atoms with Crippen LogP contribution in [-0.2, 0) is 15.6 Å². The molecular formula is C15H26N4O3S. The van der Waals surface area contributed by atoms with Gasteiger partial charge in [-0.05, 0) is 39.0 Å². The van der Waals surface area contributed by atoms with Crippen LogP contribution in [-0.4, -0.2) is 51.7 Å². The molecule has 0 bridgehead atoms. The molecule has 1 aliphatic heterocycles. The minimum Gasteiger partial charge on any atom is -0.382 e. The maximum atomic E-state index is 12.6. The molecule has 23 heavy (non-hydrogen) atoms. The molecule has 130 valence electrons. The second-order valence-electron chi connectivity index (χ2n) is 7.22. The molecule has 2 aliphatic rings. The standard InChI is InChI=1S/C15H26N4O3S/c1-12(2)19-9-14(16-17-19)15(20)7-8-18(11-15)23(21,22)10-13-5-3-4-6-13/h9,12-13,20H,3-8,10-11H2,1-2H3/t15-/m0/s1. The Balaban J connectivity index is 1.70. The molecule has 7 nitrogen and oxygen atoms in total. The lowest BCUT2D eigenvalue weighted by atomic mass is 10.00. The van der Waals surface area contributed by atoms with Gasteiger partial charge in [-0.3, -0.25) is 0 Å². The summed E-state index contributed by atoms with van der Waals surface area (Å²) in [6, 6.07) is 0.156. The molecule has 0 amide bonds. The molecule has 3 rings (SSSR count). The largest absolute Gasteiger partial charge is 0.382 e. The van der Waals surface area contributed by atoms with Gasteiger partial charge in [-0.2, -0.15) is 4.31 Å². The van der Waals surface area contributed by atoms with E-state index < -0.39 is 15.6 Å². The molecular weight excluding hydrogens is 316 g/mol. The third-order valence-corrected chi connectivity index (χ3v) is 7.03. The normalized spacial score (nSPS) is 27.3. The van der Waals surface area contributed by atoms with Gasteiger partial charge < -0.3 is 5.11 Å². The van der Waals surface area contributed by atoms with E-state index in [9.17, 15) is 13.5 Å². The first-order chi connectivity index (χ1) is 10.8. The molecule has 1 saturated heterocycles. The van der Waals surface area contributed by atoms with Crippen LogP contribution >= 0.6 is 0 Å². The van der Waals surface area contributed by atoms with Gasteiger partial charge in [0.05, 0.1) is 11.9 Å². The molecule has 1 aromatic rings. The molecule has 2 fully saturated rings. The Morgan fingerprint density at radius 3 is 2.70 bits per heavy atom. The van der Waals surface area contributed by atoms with Crippen molar-refractivity contribution in [2.75, 3.05) is 18.8 Å². The minimum atomic E-state index is -3.31. The number of aromatic nitrogens is 3. The number of nitrogens with zero attached hydrogens (tertiary/aromatic N) is 4. The van der Waals surface area contributed by atoms with E-state index in [0.29, 0.717) is 18.7 Å². The third kappa shape index (κ3) is 3.44. The van der Waals surface area contributed by atoms with Crippen molar-refractivity contribution in [2.45, 2.75) is 57.6 Å². The Hall–Kier alpha value is -0.990. The van der Waals surface area contributed by atoms with Crippen LogP contribution in [0.1, 0.15) is 57.7 Å². The molecule has 1 aromatic heterocycles. The molecule has 8 heteroatoms. The maximum absolute atomic E-state index is 12.6. The quantitative estimate of drug-likeness (QED) is 0.870. The molecule has 1 N–H and O–H groups in total. The molecule has 2 heterocycles. The molecule has 0 aromatic carbocycles. The van der Waals surface area contributed by atoms with E-state index in [2.05, 4.69) is 10.3 Å². The Morgan fingerprint density at radius 2 is 2.09 bits per heavy atom. The van der Waals surface area contributed by atoms with Crippen LogP contribution in [0.2, 0.25) is 0 Å². The highest BCUT2D eigenvalue weighted by Gasteiger charge is 2.44. The Labute approximate surface area is 137 Å². The predicted molar refractivity (Wildman–Crippen MR) is 86.2 cm³/mol. The van der Waals surface area contributed by atoms with Gasteiger partial charge in [-0.1, -0.05) is 18.1 Å². The van der Waals surface area contributed by atoms with Crippen molar-refractivity contribution in [1.29, 1.82) is 0 Å². The molecule has 0 unspecified atom stereocenters. The lowest BCUT2D eigenvalue weighted by Gasteiger charge is -2.22. The second kappa shape index (κ2) is 6.14. The summed E-state index contributed by atoms with van der Waals surface area (Å²) in [5.41, 5.74) is -0.764. The van der Waals surface area contributed by atoms with Crippen LogP contribution in [0.4, 0.5) is 0 Å². The van der Waals surface area contributed by atoms with E-state index in [1.807, 2.05) is 13.8 Å². The fourth-order valence-corrected chi connectivity index (χ4v) is 5.45. The van der Waals surface area contributed by atoms with Crippen molar-refractivity contribution in [3.05, 3.63) is 11.9 Å². The predicted octanol–water partition coefficient (Wildman–Crippen LogP) is 1.27. The summed E-state index contributed by atoms with van der Waals surface area (Å²) >= 11 is 0. The first-order valence-corrected chi connectivity index (χ1v) is 10.0. The topological polar surface area (TPSA) is 88.3 Å². The average Bonchev–Trinajstić information content (AvgIpc) is 3.16. The maximum Gasteiger partial charge on any atom is 0.214 e. The molecule has 1 aliphatic carbocycles. The van der Waals surface area contributed by atoms with Gasteiger partial charge in [0.15, 0.2) is 0 Å². The number of hydrogen-bond acceptors (Lipinski definition) is 5. The minimum absolute atomic E-state index is 0.0822. The summed E-state index contributed by atoms with van der Waals surface area (Å²) in [6.45, 7) is 4.39. The smallest absolute Gasteiger partial charge is 0.214 e. The molecule has 1 atom stereocenters. The highest BCUT2D eigenvalue weighted by atomic mass is 32.2. The van der Waals surface area contributed by atoms with Crippen LogP contribution in [0.15, 0.2) is 6.20 Å². The summed E-state index contributed by atoms with van der Waals surface area (Å²) in [5.74, 6) is 0.484. The van der Waals surface area contributed by atoms with Gasteiger partial charge in [0.1, 0.15) is 11.3 Å². The van der Waals surface area contributed by atoms with Crippen LogP contribution in [0.25, 0.3) is 0 Å². The van der Waals surface area contributed by atoms with Crippen LogP contribution < -0.4 is 0 Å². The fraction of sp³-hybridized carbons (Fsp3) is 0.867. The first-order valence-electron chi connectivity index (χ1n) is 8.43. The van der Waals surface area contributed by atoms with Gasteiger partial charge in [0.2, 0.25) is 10.0 Å². The average molecular weight is 342 g/mol. The number of β-amino-alcohol motifs (C(OH)–C–C–N with tert-alkyl or cyclic N) is 1. The summed E-state index contributed by atoms with van der Waals surface area (Å²) < 4.78 is 28.3. The Bertz CT molecular complexity index is 651. The highest BCUT2D eigenvalue weighted by molar-refractivity contribution is 7.89. The van der Waals surface area contributed by atoms with Gasteiger partial charge >= 0.3 is 0 Å². The fourth-order valence-electron chi connectivity index (χ4n) is 3.53. The van der Waals surface area contributed by atoms with Crippen LogP contribution in [0.3, 0.4) is 0 Å². The Morgan fingerprint density at radius 1 is 1.39 bits per heavy atom. The first kappa shape index (κ1) is 16.9. The van der Waals surface area contributed by atoms with Gasteiger partial charge in [0, 0.05) is 19.1 Å². The number of sulfonamides is 1.